The van der Waals surface area contributed by atoms with Crippen LogP contribution in [0.25, 0.3) is 0 Å². The molecule has 5 nitrogen and oxygen atoms in total. The van der Waals surface area contributed by atoms with Gasteiger partial charge in [-0.3, -0.25) is 4.55 Å². The number of aryl methyl sites for hydroxylation is 1. The van der Waals surface area contributed by atoms with Gasteiger partial charge in [-0.2, -0.15) is 8.42 Å². The molecule has 0 spiro atoms. The van der Waals surface area contributed by atoms with E-state index in [0.29, 0.717) is 5.75 Å². The van der Waals surface area contributed by atoms with Crippen molar-refractivity contribution in [2.75, 3.05) is 0 Å². The fourth-order valence-corrected chi connectivity index (χ4v) is 3.91. The Morgan fingerprint density at radius 1 is 0.800 bits per heavy atom. The molecule has 2 aromatic rings. The van der Waals surface area contributed by atoms with E-state index in [1.54, 1.807) is 0 Å². The van der Waals surface area contributed by atoms with Gasteiger partial charge in [0.25, 0.3) is 10.1 Å². The van der Waals surface area contributed by atoms with Gasteiger partial charge in [-0.05, 0) is 42.7 Å². The molecule has 0 amide bonds. The molecule has 0 bridgehead atoms. The summed E-state index contributed by atoms with van der Waals surface area (Å²) in [7, 11) is -4.36. The van der Waals surface area contributed by atoms with Crippen molar-refractivity contribution in [2.24, 2.45) is 0 Å². The second-order valence-electron chi connectivity index (χ2n) is 7.78. The molecule has 0 saturated heterocycles. The predicted octanol–water partition coefficient (Wildman–Crippen LogP) is 6.89. The average molecular weight is 435 g/mol. The normalized spacial score (nSPS) is 11.5. The van der Waals surface area contributed by atoms with Crippen LogP contribution in [0, 0.1) is 0 Å². The Balaban J connectivity index is 1.69. The Bertz CT molecular complexity index is 860. The Morgan fingerprint density at radius 2 is 1.37 bits per heavy atom. The van der Waals surface area contributed by atoms with Crippen molar-refractivity contribution < 1.29 is 22.8 Å². The second-order valence-corrected chi connectivity index (χ2v) is 9.20. The number of phenols is 1. The zero-order valence-electron chi connectivity index (χ0n) is 17.8. The van der Waals surface area contributed by atoms with E-state index >= 15 is 0 Å². The number of benzene rings is 2. The van der Waals surface area contributed by atoms with Crippen LogP contribution in [0.15, 0.2) is 47.4 Å². The quantitative estimate of drug-likeness (QED) is 0.250. The number of aromatic hydroxyl groups is 1. The van der Waals surface area contributed by atoms with Crippen molar-refractivity contribution in [3.05, 3.63) is 48.0 Å². The van der Waals surface area contributed by atoms with Crippen LogP contribution in [-0.2, 0) is 16.5 Å². The molecule has 0 unspecified atom stereocenters. The molecular formula is C24H34O5S. The molecule has 2 rings (SSSR count). The largest absolute Gasteiger partial charge is 0.504 e. The van der Waals surface area contributed by atoms with Crippen LogP contribution in [0.5, 0.6) is 17.2 Å². The van der Waals surface area contributed by atoms with Crippen molar-refractivity contribution in [3.63, 3.8) is 0 Å². The fraction of sp³-hybridized carbons (Fsp3) is 0.500. The third-order valence-electron chi connectivity index (χ3n) is 5.20. The highest BCUT2D eigenvalue weighted by Crippen LogP contribution is 2.32. The summed E-state index contributed by atoms with van der Waals surface area (Å²) in [6, 6.07) is 11.1. The summed E-state index contributed by atoms with van der Waals surface area (Å²) in [6.45, 7) is 2.25. The molecule has 0 saturated carbocycles. The number of rotatable bonds is 14. The van der Waals surface area contributed by atoms with Gasteiger partial charge in [-0.25, -0.2) is 0 Å². The molecule has 2 aromatic carbocycles. The van der Waals surface area contributed by atoms with Gasteiger partial charge in [-0.15, -0.1) is 0 Å². The fourth-order valence-electron chi connectivity index (χ4n) is 3.41. The van der Waals surface area contributed by atoms with Gasteiger partial charge in [-0.1, -0.05) is 76.8 Å². The van der Waals surface area contributed by atoms with Crippen LogP contribution in [0.2, 0.25) is 0 Å². The van der Waals surface area contributed by atoms with E-state index in [0.717, 1.165) is 12.5 Å². The third kappa shape index (κ3) is 8.76. The van der Waals surface area contributed by atoms with Crippen LogP contribution in [0.1, 0.15) is 76.7 Å². The Morgan fingerprint density at radius 3 is 1.90 bits per heavy atom. The van der Waals surface area contributed by atoms with Crippen LogP contribution in [0.4, 0.5) is 0 Å². The molecule has 0 aliphatic rings. The first-order chi connectivity index (χ1) is 14.4. The van der Waals surface area contributed by atoms with E-state index in [9.17, 15) is 13.5 Å². The highest BCUT2D eigenvalue weighted by atomic mass is 32.2. The Kier molecular flexibility index (Phi) is 10.2. The highest BCUT2D eigenvalue weighted by molar-refractivity contribution is 7.85. The van der Waals surface area contributed by atoms with Crippen LogP contribution in [0.3, 0.4) is 0 Å². The SMILES string of the molecule is CCCCCCCCCCCCc1ccc(Oc2ccc(S(=O)(=O)O)cc2O)cc1. The molecule has 6 heteroatoms. The van der Waals surface area contributed by atoms with Gasteiger partial charge in [0.1, 0.15) is 5.75 Å². The Hall–Kier alpha value is -2.05. The number of hydrogen-bond acceptors (Lipinski definition) is 4. The van der Waals surface area contributed by atoms with E-state index in [4.69, 9.17) is 9.29 Å². The minimum Gasteiger partial charge on any atom is -0.504 e. The summed E-state index contributed by atoms with van der Waals surface area (Å²) in [5.74, 6) is 0.334. The number of ether oxygens (including phenoxy) is 1. The van der Waals surface area contributed by atoms with Crippen molar-refractivity contribution in [1.29, 1.82) is 0 Å². The first-order valence-corrected chi connectivity index (χ1v) is 12.4. The zero-order chi connectivity index (χ0) is 21.8. The monoisotopic (exact) mass is 434 g/mol. The van der Waals surface area contributed by atoms with Crippen molar-refractivity contribution in [1.82, 2.24) is 0 Å². The molecule has 0 atom stereocenters. The first kappa shape index (κ1) is 24.2. The van der Waals surface area contributed by atoms with Crippen LogP contribution < -0.4 is 4.74 Å². The van der Waals surface area contributed by atoms with Gasteiger partial charge < -0.3 is 9.84 Å². The van der Waals surface area contributed by atoms with Gasteiger partial charge >= 0.3 is 0 Å². The van der Waals surface area contributed by atoms with E-state index in [1.165, 1.54) is 81.9 Å². The van der Waals surface area contributed by atoms with Gasteiger partial charge in [0.15, 0.2) is 11.5 Å². The summed E-state index contributed by atoms with van der Waals surface area (Å²) >= 11 is 0. The minimum atomic E-state index is -4.36. The van der Waals surface area contributed by atoms with Gasteiger partial charge in [0.05, 0.1) is 4.90 Å². The molecule has 30 heavy (non-hydrogen) atoms. The molecule has 0 fully saturated rings. The van der Waals surface area contributed by atoms with E-state index in [2.05, 4.69) is 6.92 Å². The van der Waals surface area contributed by atoms with Crippen molar-refractivity contribution in [3.8, 4) is 17.2 Å². The summed E-state index contributed by atoms with van der Waals surface area (Å²) in [5, 5.41) is 9.93. The van der Waals surface area contributed by atoms with E-state index in [-0.39, 0.29) is 16.4 Å². The predicted molar refractivity (Wildman–Crippen MR) is 120 cm³/mol. The number of phenolic OH excluding ortho intramolecular Hbond substituents is 1. The standard InChI is InChI=1S/C24H34O5S/c1-2-3-4-5-6-7-8-9-10-11-12-20-13-15-21(16-14-20)29-24-18-17-22(19-23(24)25)30(26,27)28/h13-19,25H,2-12H2,1H3,(H,26,27,28). The first-order valence-electron chi connectivity index (χ1n) is 11.0. The lowest BCUT2D eigenvalue weighted by Crippen LogP contribution is -1.97. The van der Waals surface area contributed by atoms with Crippen molar-refractivity contribution >= 4 is 10.1 Å². The molecule has 0 aliphatic carbocycles. The zero-order valence-corrected chi connectivity index (χ0v) is 18.7. The topological polar surface area (TPSA) is 83.8 Å². The lowest BCUT2D eigenvalue weighted by atomic mass is 10.0. The van der Waals surface area contributed by atoms with Gasteiger partial charge in [0, 0.05) is 6.07 Å². The summed E-state index contributed by atoms with van der Waals surface area (Å²) in [6.07, 6.45) is 14.2. The summed E-state index contributed by atoms with van der Waals surface area (Å²) in [5.41, 5.74) is 1.24. The smallest absolute Gasteiger partial charge is 0.294 e. The maximum Gasteiger partial charge on any atom is 0.294 e. The summed E-state index contributed by atoms with van der Waals surface area (Å²) < 4.78 is 36.8. The maximum absolute atomic E-state index is 11.1. The maximum atomic E-state index is 11.1. The molecule has 0 aromatic heterocycles. The van der Waals surface area contributed by atoms with Crippen molar-refractivity contribution in [2.45, 2.75) is 82.4 Å². The number of hydrogen-bond donors (Lipinski definition) is 2. The third-order valence-corrected chi connectivity index (χ3v) is 6.05. The lowest BCUT2D eigenvalue weighted by Gasteiger charge is -2.09. The average Bonchev–Trinajstić information content (AvgIpc) is 2.71. The van der Waals surface area contributed by atoms with Crippen LogP contribution in [-0.4, -0.2) is 18.1 Å². The molecule has 166 valence electrons. The molecule has 0 radical (unpaired) electrons. The minimum absolute atomic E-state index is 0.129. The molecule has 2 N–H and O–H groups in total. The molecule has 0 heterocycles. The van der Waals surface area contributed by atoms with Crippen LogP contribution >= 0.6 is 0 Å². The molecular weight excluding hydrogens is 400 g/mol. The molecule has 0 aliphatic heterocycles. The van der Waals surface area contributed by atoms with E-state index in [1.807, 2.05) is 24.3 Å². The second kappa shape index (κ2) is 12.6. The highest BCUT2D eigenvalue weighted by Gasteiger charge is 2.13. The summed E-state index contributed by atoms with van der Waals surface area (Å²) in [4.78, 5) is -0.376. The lowest BCUT2D eigenvalue weighted by molar-refractivity contribution is 0.408. The van der Waals surface area contributed by atoms with Gasteiger partial charge in [0.2, 0.25) is 0 Å². The van der Waals surface area contributed by atoms with E-state index < -0.39 is 10.1 Å². The Labute approximate surface area is 180 Å². The number of unbranched alkanes of at least 4 members (excludes halogenated alkanes) is 9.